The van der Waals surface area contributed by atoms with Crippen molar-refractivity contribution >= 4 is 20.2 Å². The number of benzene rings is 2. The van der Waals surface area contributed by atoms with Gasteiger partial charge in [0, 0.05) is 0 Å². The molecule has 2 rings (SSSR count). The Bertz CT molecular complexity index is 1120. The summed E-state index contributed by atoms with van der Waals surface area (Å²) in [6.07, 6.45) is 27.4. The van der Waals surface area contributed by atoms with E-state index in [-0.39, 0.29) is 29.3 Å². The Morgan fingerprint density at radius 3 is 0.978 bits per heavy atom. The van der Waals surface area contributed by atoms with Gasteiger partial charge in [0.15, 0.2) is 0 Å². The Balaban J connectivity index is 0.000000842. The van der Waals surface area contributed by atoms with Gasteiger partial charge >= 0.3 is 19.5 Å². The van der Waals surface area contributed by atoms with Gasteiger partial charge in [0.2, 0.25) is 0 Å². The van der Waals surface area contributed by atoms with Crippen LogP contribution in [-0.4, -0.2) is 25.9 Å². The molecule has 0 amide bonds. The van der Waals surface area contributed by atoms with Crippen molar-refractivity contribution in [3.05, 3.63) is 59.7 Å². The Kier molecular flexibility index (Phi) is 26.2. The molecule has 0 aliphatic heterocycles. The molecule has 0 aromatic heterocycles. The molecule has 0 saturated carbocycles. The first kappa shape index (κ1) is 43.9. The van der Waals surface area contributed by atoms with Gasteiger partial charge in [0.25, 0.3) is 0 Å². The van der Waals surface area contributed by atoms with Crippen LogP contribution < -0.4 is 0 Å². The van der Waals surface area contributed by atoms with Gasteiger partial charge in [0.1, 0.15) is 20.2 Å². The van der Waals surface area contributed by atoms with Gasteiger partial charge in [-0.1, -0.05) is 154 Å². The first-order valence-corrected chi connectivity index (χ1v) is 20.0. The fourth-order valence-electron chi connectivity index (χ4n) is 5.35. The van der Waals surface area contributed by atoms with Crippen molar-refractivity contribution in [1.82, 2.24) is 0 Å². The molecule has 9 heteroatoms. The average molecular weight is 716 g/mol. The third-order valence-electron chi connectivity index (χ3n) is 8.01. The smallest absolute Gasteiger partial charge is 0.744 e. The van der Waals surface area contributed by atoms with Crippen molar-refractivity contribution in [3.8, 4) is 0 Å². The minimum atomic E-state index is -4.33. The molecule has 0 atom stereocenters. The monoisotopic (exact) mass is 714 g/mol. The van der Waals surface area contributed by atoms with E-state index in [4.69, 9.17) is 0 Å². The minimum Gasteiger partial charge on any atom is -0.744 e. The van der Waals surface area contributed by atoms with Gasteiger partial charge in [-0.3, -0.25) is 0 Å². The summed E-state index contributed by atoms with van der Waals surface area (Å²) in [6, 6.07) is 12.8. The molecule has 0 bridgehead atoms. The first-order valence-electron chi connectivity index (χ1n) is 17.2. The zero-order chi connectivity index (χ0) is 32.5. The molecule has 0 spiro atoms. The molecule has 0 radical (unpaired) electrons. The third kappa shape index (κ3) is 23.8. The molecular weight excluding hydrogens is 658 g/mol. The Morgan fingerprint density at radius 2 is 0.711 bits per heavy atom. The van der Waals surface area contributed by atoms with E-state index >= 15 is 0 Å². The topological polar surface area (TPSA) is 114 Å². The number of aryl methyl sites for hydroxylation is 2. The Labute approximate surface area is 288 Å². The molecular formula is C36H58O6S2Zn. The number of hydrogen-bond acceptors (Lipinski definition) is 6. The number of rotatable bonds is 24. The van der Waals surface area contributed by atoms with Crippen molar-refractivity contribution < 1.29 is 45.4 Å². The zero-order valence-electron chi connectivity index (χ0n) is 28.1. The van der Waals surface area contributed by atoms with Crippen LogP contribution >= 0.6 is 0 Å². The van der Waals surface area contributed by atoms with Crippen molar-refractivity contribution in [3.63, 3.8) is 0 Å². The second kappa shape index (κ2) is 26.9. The maximum Gasteiger partial charge on any atom is 2.00 e. The molecule has 0 unspecified atom stereocenters. The average Bonchev–Trinajstić information content (AvgIpc) is 2.99. The third-order valence-corrected chi connectivity index (χ3v) is 9.67. The van der Waals surface area contributed by atoms with Crippen molar-refractivity contribution in [1.29, 1.82) is 0 Å². The summed E-state index contributed by atoms with van der Waals surface area (Å²) in [5.41, 5.74) is 1.88. The molecule has 45 heavy (non-hydrogen) atoms. The fourth-order valence-corrected chi connectivity index (χ4v) is 6.43. The van der Waals surface area contributed by atoms with Gasteiger partial charge in [-0.05, 0) is 61.1 Å². The standard InChI is InChI=1S/2C18H30O3S.Zn/c2*1-2-3-4-5-6-7-8-9-10-11-13-17-14-12-15-18(16-17)22(19,20)21;/h2*12,14-16H,2-11,13H2,1H3,(H,19,20,21);/q;;+2/p-2. The van der Waals surface area contributed by atoms with E-state index in [2.05, 4.69) is 13.8 Å². The van der Waals surface area contributed by atoms with E-state index in [1.54, 1.807) is 12.1 Å². The maximum atomic E-state index is 11.0. The second-order valence-corrected chi connectivity index (χ2v) is 14.8. The molecule has 0 saturated heterocycles. The predicted octanol–water partition coefficient (Wildman–Crippen LogP) is 10.1. The molecule has 2 aromatic rings. The van der Waals surface area contributed by atoms with Crippen LogP contribution in [0, 0.1) is 0 Å². The summed E-state index contributed by atoms with van der Waals surface area (Å²) in [6.45, 7) is 4.48. The van der Waals surface area contributed by atoms with Crippen molar-refractivity contribution in [2.24, 2.45) is 0 Å². The van der Waals surface area contributed by atoms with Crippen molar-refractivity contribution in [2.45, 2.75) is 165 Å². The first-order chi connectivity index (χ1) is 21.1. The van der Waals surface area contributed by atoms with E-state index < -0.39 is 20.2 Å². The zero-order valence-corrected chi connectivity index (χ0v) is 32.7. The van der Waals surface area contributed by atoms with Crippen LogP contribution in [-0.2, 0) is 52.6 Å². The molecule has 0 heterocycles. The normalized spacial score (nSPS) is 11.5. The van der Waals surface area contributed by atoms with Gasteiger partial charge in [-0.15, -0.1) is 0 Å². The van der Waals surface area contributed by atoms with Crippen LogP contribution in [0.5, 0.6) is 0 Å². The molecule has 6 nitrogen and oxygen atoms in total. The van der Waals surface area contributed by atoms with Gasteiger partial charge in [0.05, 0.1) is 9.79 Å². The van der Waals surface area contributed by atoms with Crippen LogP contribution in [0.3, 0.4) is 0 Å². The molecule has 252 valence electrons. The van der Waals surface area contributed by atoms with E-state index in [0.717, 1.165) is 36.8 Å². The SMILES string of the molecule is CCCCCCCCCCCCc1cccc(S(=O)(=O)[O-])c1.CCCCCCCCCCCCc1cccc(S(=O)(=O)[O-])c1.[Zn+2]. The Morgan fingerprint density at radius 1 is 0.444 bits per heavy atom. The summed E-state index contributed by atoms with van der Waals surface area (Å²) in [5.74, 6) is 0. The Hall–Kier alpha value is -1.12. The summed E-state index contributed by atoms with van der Waals surface area (Å²) in [4.78, 5) is -0.228. The summed E-state index contributed by atoms with van der Waals surface area (Å²) >= 11 is 0. The van der Waals surface area contributed by atoms with E-state index in [1.165, 1.54) is 140 Å². The van der Waals surface area contributed by atoms with Crippen LogP contribution in [0.25, 0.3) is 0 Å². The summed E-state index contributed by atoms with van der Waals surface area (Å²) < 4.78 is 65.8. The minimum absolute atomic E-state index is 0. The molecule has 2 aromatic carbocycles. The van der Waals surface area contributed by atoms with Crippen molar-refractivity contribution in [2.75, 3.05) is 0 Å². The quantitative estimate of drug-likeness (QED) is 0.0607. The molecule has 0 N–H and O–H groups in total. The van der Waals surface area contributed by atoms with Crippen LogP contribution in [0.2, 0.25) is 0 Å². The van der Waals surface area contributed by atoms with Gasteiger partial charge < -0.3 is 9.11 Å². The molecule has 0 fully saturated rings. The maximum absolute atomic E-state index is 11.0. The summed E-state index contributed by atoms with van der Waals surface area (Å²) in [7, 11) is -8.66. The molecule has 0 aliphatic rings. The second-order valence-electron chi connectivity index (χ2n) is 12.1. The van der Waals surface area contributed by atoms with E-state index in [1.807, 2.05) is 12.1 Å². The largest absolute Gasteiger partial charge is 2.00 e. The van der Waals surface area contributed by atoms with Crippen LogP contribution in [0.4, 0.5) is 0 Å². The molecule has 0 aliphatic carbocycles. The predicted molar refractivity (Wildman–Crippen MR) is 180 cm³/mol. The number of unbranched alkanes of at least 4 members (excludes halogenated alkanes) is 18. The van der Waals surface area contributed by atoms with Gasteiger partial charge in [-0.25, -0.2) is 16.8 Å². The van der Waals surface area contributed by atoms with E-state index in [9.17, 15) is 25.9 Å². The fraction of sp³-hybridized carbons (Fsp3) is 0.667. The van der Waals surface area contributed by atoms with Gasteiger partial charge in [-0.2, -0.15) is 0 Å². The van der Waals surface area contributed by atoms with Crippen LogP contribution in [0.1, 0.15) is 153 Å². The number of hydrogen-bond donors (Lipinski definition) is 0. The van der Waals surface area contributed by atoms with Crippen LogP contribution in [0.15, 0.2) is 58.3 Å². The van der Waals surface area contributed by atoms with E-state index in [0.29, 0.717) is 0 Å². The summed E-state index contributed by atoms with van der Waals surface area (Å²) in [5, 5.41) is 0.